The van der Waals surface area contributed by atoms with Crippen molar-refractivity contribution < 1.29 is 23.8 Å². The molecule has 1 aromatic heterocycles. The van der Waals surface area contributed by atoms with Crippen LogP contribution in [0.5, 0.6) is 17.2 Å². The van der Waals surface area contributed by atoms with Gasteiger partial charge in [-0.25, -0.2) is 0 Å². The Morgan fingerprint density at radius 1 is 1.11 bits per heavy atom. The SMILES string of the molecule is CC[C@@H](O)CN[C@H](c1nc(-c2cc(OC)c(OC)c(OC)c2)no1)C(C)C. The van der Waals surface area contributed by atoms with E-state index in [1.54, 1.807) is 33.5 Å². The Labute approximate surface area is 159 Å². The van der Waals surface area contributed by atoms with Gasteiger partial charge in [-0.3, -0.25) is 0 Å². The first kappa shape index (κ1) is 21.0. The van der Waals surface area contributed by atoms with Crippen LogP contribution in [0.4, 0.5) is 0 Å². The molecule has 0 spiro atoms. The zero-order valence-corrected chi connectivity index (χ0v) is 16.8. The minimum atomic E-state index is -0.413. The monoisotopic (exact) mass is 379 g/mol. The first-order valence-electron chi connectivity index (χ1n) is 9.00. The molecule has 0 radical (unpaired) electrons. The fraction of sp³-hybridized carbons (Fsp3) is 0.579. The minimum Gasteiger partial charge on any atom is -0.493 e. The average Bonchev–Trinajstić information content (AvgIpc) is 3.16. The lowest BCUT2D eigenvalue weighted by molar-refractivity contribution is 0.154. The maximum atomic E-state index is 9.81. The molecule has 1 aromatic carbocycles. The number of aliphatic hydroxyl groups excluding tert-OH is 1. The van der Waals surface area contributed by atoms with Crippen molar-refractivity contribution in [3.63, 3.8) is 0 Å². The fourth-order valence-electron chi connectivity index (χ4n) is 2.70. The van der Waals surface area contributed by atoms with E-state index in [1.165, 1.54) is 0 Å². The van der Waals surface area contributed by atoms with Gasteiger partial charge in [0, 0.05) is 12.1 Å². The van der Waals surface area contributed by atoms with Gasteiger partial charge in [0.1, 0.15) is 0 Å². The van der Waals surface area contributed by atoms with Crippen molar-refractivity contribution in [2.45, 2.75) is 39.3 Å². The van der Waals surface area contributed by atoms with E-state index in [9.17, 15) is 5.11 Å². The number of methoxy groups -OCH3 is 3. The fourth-order valence-corrected chi connectivity index (χ4v) is 2.70. The van der Waals surface area contributed by atoms with Gasteiger partial charge in [0.25, 0.3) is 0 Å². The van der Waals surface area contributed by atoms with Gasteiger partial charge in [0.2, 0.25) is 17.5 Å². The highest BCUT2D eigenvalue weighted by atomic mass is 16.5. The molecule has 0 saturated carbocycles. The van der Waals surface area contributed by atoms with Crippen LogP contribution in [0.1, 0.15) is 39.1 Å². The normalized spacial score (nSPS) is 13.5. The van der Waals surface area contributed by atoms with Gasteiger partial charge in [0.15, 0.2) is 11.5 Å². The molecule has 0 fully saturated rings. The Kier molecular flexibility index (Phi) is 7.44. The van der Waals surface area contributed by atoms with Crippen LogP contribution < -0.4 is 19.5 Å². The summed E-state index contributed by atoms with van der Waals surface area (Å²) in [5.41, 5.74) is 0.690. The van der Waals surface area contributed by atoms with Crippen molar-refractivity contribution in [3.8, 4) is 28.6 Å². The zero-order valence-electron chi connectivity index (χ0n) is 16.8. The largest absolute Gasteiger partial charge is 0.493 e. The highest BCUT2D eigenvalue weighted by molar-refractivity contribution is 5.66. The molecule has 0 aliphatic rings. The minimum absolute atomic E-state index is 0.158. The molecule has 0 aliphatic heterocycles. The molecule has 8 heteroatoms. The number of benzene rings is 1. The van der Waals surface area contributed by atoms with Gasteiger partial charge >= 0.3 is 0 Å². The Morgan fingerprint density at radius 2 is 1.74 bits per heavy atom. The predicted octanol–water partition coefficient (Wildman–Crippen LogP) is 2.82. The van der Waals surface area contributed by atoms with E-state index < -0.39 is 6.10 Å². The van der Waals surface area contributed by atoms with E-state index in [2.05, 4.69) is 29.3 Å². The van der Waals surface area contributed by atoms with Gasteiger partial charge in [-0.1, -0.05) is 25.9 Å². The third-order valence-corrected chi connectivity index (χ3v) is 4.34. The van der Waals surface area contributed by atoms with Gasteiger partial charge in [-0.05, 0) is 24.5 Å². The smallest absolute Gasteiger partial charge is 0.244 e. The van der Waals surface area contributed by atoms with Crippen LogP contribution in [0.2, 0.25) is 0 Å². The van der Waals surface area contributed by atoms with Crippen LogP contribution in [-0.2, 0) is 0 Å². The van der Waals surface area contributed by atoms with Crippen molar-refractivity contribution in [1.82, 2.24) is 15.5 Å². The molecular weight excluding hydrogens is 350 g/mol. The predicted molar refractivity (Wildman–Crippen MR) is 101 cm³/mol. The molecule has 27 heavy (non-hydrogen) atoms. The Balaban J connectivity index is 2.32. The van der Waals surface area contributed by atoms with E-state index in [4.69, 9.17) is 18.7 Å². The zero-order chi connectivity index (χ0) is 20.0. The number of nitrogens with zero attached hydrogens (tertiary/aromatic N) is 2. The second-order valence-corrected chi connectivity index (χ2v) is 6.56. The van der Waals surface area contributed by atoms with Gasteiger partial charge < -0.3 is 29.2 Å². The lowest BCUT2D eigenvalue weighted by Crippen LogP contribution is -2.32. The quantitative estimate of drug-likeness (QED) is 0.650. The van der Waals surface area contributed by atoms with Crippen molar-refractivity contribution >= 4 is 0 Å². The second kappa shape index (κ2) is 9.57. The number of nitrogens with one attached hydrogen (secondary N) is 1. The van der Waals surface area contributed by atoms with Gasteiger partial charge in [-0.2, -0.15) is 4.98 Å². The highest BCUT2D eigenvalue weighted by Crippen LogP contribution is 2.40. The van der Waals surface area contributed by atoms with Crippen LogP contribution in [-0.4, -0.2) is 49.2 Å². The molecule has 2 atom stereocenters. The van der Waals surface area contributed by atoms with Crippen LogP contribution in [0.3, 0.4) is 0 Å². The van der Waals surface area contributed by atoms with Crippen molar-refractivity contribution in [2.24, 2.45) is 5.92 Å². The standard InChI is InChI=1S/C19H29N3O5/c1-7-13(23)10-20-16(11(2)3)19-21-18(22-27-19)12-8-14(24-4)17(26-6)15(9-12)25-5/h8-9,11,13,16,20,23H,7,10H2,1-6H3/t13-,16+/m1/s1. The maximum absolute atomic E-state index is 9.81. The Morgan fingerprint density at radius 3 is 2.22 bits per heavy atom. The first-order chi connectivity index (χ1) is 12.9. The van der Waals surface area contributed by atoms with Crippen LogP contribution >= 0.6 is 0 Å². The summed E-state index contributed by atoms with van der Waals surface area (Å²) < 4.78 is 21.6. The molecule has 8 nitrogen and oxygen atoms in total. The molecule has 1 heterocycles. The molecule has 0 bridgehead atoms. The van der Waals surface area contributed by atoms with Crippen LogP contribution in [0.15, 0.2) is 16.7 Å². The summed E-state index contributed by atoms with van der Waals surface area (Å²) in [7, 11) is 4.66. The summed E-state index contributed by atoms with van der Waals surface area (Å²) in [6, 6.07) is 3.39. The molecule has 2 rings (SSSR count). The van der Waals surface area contributed by atoms with Crippen LogP contribution in [0, 0.1) is 5.92 Å². The Bertz CT molecular complexity index is 707. The third-order valence-electron chi connectivity index (χ3n) is 4.34. The van der Waals surface area contributed by atoms with Crippen molar-refractivity contribution in [1.29, 1.82) is 0 Å². The summed E-state index contributed by atoms with van der Waals surface area (Å²) in [6.45, 7) is 6.51. The average molecular weight is 379 g/mol. The maximum Gasteiger partial charge on any atom is 0.244 e. The van der Waals surface area contributed by atoms with E-state index in [0.29, 0.717) is 47.5 Å². The highest BCUT2D eigenvalue weighted by Gasteiger charge is 2.24. The van der Waals surface area contributed by atoms with Crippen molar-refractivity contribution in [3.05, 3.63) is 18.0 Å². The van der Waals surface area contributed by atoms with E-state index >= 15 is 0 Å². The van der Waals surface area contributed by atoms with Gasteiger partial charge in [-0.15, -0.1) is 0 Å². The molecule has 0 amide bonds. The number of rotatable bonds is 10. The van der Waals surface area contributed by atoms with E-state index in [1.807, 2.05) is 6.92 Å². The summed E-state index contributed by atoms with van der Waals surface area (Å²) in [5.74, 6) is 2.64. The lowest BCUT2D eigenvalue weighted by atomic mass is 10.0. The summed E-state index contributed by atoms with van der Waals surface area (Å²) >= 11 is 0. The molecular formula is C19H29N3O5. The summed E-state index contributed by atoms with van der Waals surface area (Å²) in [5, 5.41) is 17.2. The number of aromatic nitrogens is 2. The Hall–Kier alpha value is -2.32. The van der Waals surface area contributed by atoms with Gasteiger partial charge in [0.05, 0.1) is 33.5 Å². The molecule has 2 N–H and O–H groups in total. The van der Waals surface area contributed by atoms with Crippen LogP contribution in [0.25, 0.3) is 11.4 Å². The molecule has 2 aromatic rings. The molecule has 0 unspecified atom stereocenters. The third kappa shape index (κ3) is 4.90. The number of hydrogen-bond acceptors (Lipinski definition) is 8. The van der Waals surface area contributed by atoms with Crippen molar-refractivity contribution in [2.75, 3.05) is 27.9 Å². The molecule has 150 valence electrons. The molecule has 0 aliphatic carbocycles. The number of aliphatic hydroxyl groups is 1. The summed E-state index contributed by atoms with van der Waals surface area (Å²) in [4.78, 5) is 4.54. The lowest BCUT2D eigenvalue weighted by Gasteiger charge is -2.20. The number of hydrogen-bond donors (Lipinski definition) is 2. The second-order valence-electron chi connectivity index (χ2n) is 6.56. The summed E-state index contributed by atoms with van der Waals surface area (Å²) in [6.07, 6.45) is 0.266. The van der Waals surface area contributed by atoms with E-state index in [-0.39, 0.29) is 12.0 Å². The van der Waals surface area contributed by atoms with E-state index in [0.717, 1.165) is 0 Å². The first-order valence-corrected chi connectivity index (χ1v) is 9.00. The topological polar surface area (TPSA) is 98.9 Å². The number of ether oxygens (including phenoxy) is 3. The molecule has 0 saturated heterocycles.